The van der Waals surface area contributed by atoms with Crippen LogP contribution in [0.3, 0.4) is 0 Å². The minimum absolute atomic E-state index is 1.07. The lowest BCUT2D eigenvalue weighted by Gasteiger charge is -2.11. The van der Waals surface area contributed by atoms with Crippen LogP contribution in [-0.2, 0) is 6.42 Å². The van der Waals surface area contributed by atoms with Crippen LogP contribution in [0.1, 0.15) is 23.1 Å². The van der Waals surface area contributed by atoms with Crippen LogP contribution in [0.5, 0.6) is 0 Å². The molecular formula is C12H12. The first-order valence-electron chi connectivity index (χ1n) is 4.32. The highest BCUT2D eigenvalue weighted by atomic mass is 14.1. The molecule has 12 heavy (non-hydrogen) atoms. The zero-order chi connectivity index (χ0) is 8.39. The minimum atomic E-state index is 1.07. The number of hydrogen-bond donors (Lipinski definition) is 0. The van der Waals surface area contributed by atoms with E-state index in [9.17, 15) is 0 Å². The molecule has 0 aromatic heterocycles. The van der Waals surface area contributed by atoms with Crippen molar-refractivity contribution in [3.05, 3.63) is 47.5 Å². The Morgan fingerprint density at radius 2 is 2.00 bits per heavy atom. The van der Waals surface area contributed by atoms with Crippen LogP contribution >= 0.6 is 0 Å². The molecule has 1 aromatic carbocycles. The van der Waals surface area contributed by atoms with Crippen LogP contribution in [-0.4, -0.2) is 0 Å². The van der Waals surface area contributed by atoms with Crippen LogP contribution in [0.25, 0.3) is 12.2 Å². The summed E-state index contributed by atoms with van der Waals surface area (Å²) in [6.45, 7) is 3.72. The van der Waals surface area contributed by atoms with Gasteiger partial charge in [0.05, 0.1) is 0 Å². The topological polar surface area (TPSA) is 0 Å². The van der Waals surface area contributed by atoms with Crippen molar-refractivity contribution in [2.45, 2.75) is 12.8 Å². The molecule has 0 saturated heterocycles. The molecule has 0 heteroatoms. The second kappa shape index (κ2) is 2.98. The van der Waals surface area contributed by atoms with Gasteiger partial charge in [-0.1, -0.05) is 36.4 Å². The Balaban J connectivity index is 2.15. The maximum Gasteiger partial charge on any atom is -0.0181 e. The maximum atomic E-state index is 3.72. The monoisotopic (exact) mass is 156 g/mol. The number of rotatable bonds is 3. The summed E-state index contributed by atoms with van der Waals surface area (Å²) in [7, 11) is 0. The van der Waals surface area contributed by atoms with E-state index in [-0.39, 0.29) is 0 Å². The van der Waals surface area contributed by atoms with Crippen LogP contribution in [0.15, 0.2) is 30.9 Å². The fourth-order valence-electron chi connectivity index (χ4n) is 1.43. The van der Waals surface area contributed by atoms with E-state index in [2.05, 4.69) is 36.9 Å². The summed E-state index contributed by atoms with van der Waals surface area (Å²) in [6.07, 6.45) is 8.46. The van der Waals surface area contributed by atoms with E-state index in [4.69, 9.17) is 0 Å². The quantitative estimate of drug-likeness (QED) is 0.598. The van der Waals surface area contributed by atoms with Crippen molar-refractivity contribution in [2.24, 2.45) is 0 Å². The minimum Gasteiger partial charge on any atom is -0.103 e. The van der Waals surface area contributed by atoms with Crippen molar-refractivity contribution >= 4 is 12.2 Å². The average molecular weight is 156 g/mol. The lowest BCUT2D eigenvalue weighted by molar-refractivity contribution is 1.00. The second-order valence-electron chi connectivity index (χ2n) is 3.12. The number of hydrogen-bond acceptors (Lipinski definition) is 0. The van der Waals surface area contributed by atoms with Crippen LogP contribution in [0.4, 0.5) is 0 Å². The Labute approximate surface area is 73.2 Å². The molecule has 0 amide bonds. The lowest BCUT2D eigenvalue weighted by Crippen LogP contribution is -1.92. The summed E-state index contributed by atoms with van der Waals surface area (Å²) in [5, 5.41) is 0. The molecule has 0 fully saturated rings. The highest BCUT2D eigenvalue weighted by molar-refractivity contribution is 5.85. The Hall–Kier alpha value is -1.30. The van der Waals surface area contributed by atoms with E-state index >= 15 is 0 Å². The van der Waals surface area contributed by atoms with Crippen molar-refractivity contribution in [1.29, 1.82) is 0 Å². The summed E-state index contributed by atoms with van der Waals surface area (Å²) in [4.78, 5) is 0. The van der Waals surface area contributed by atoms with Gasteiger partial charge in [0.15, 0.2) is 0 Å². The molecule has 1 aliphatic rings. The molecule has 0 radical (unpaired) electrons. The molecule has 0 nitrogen and oxygen atoms in total. The third kappa shape index (κ3) is 1.20. The summed E-state index contributed by atoms with van der Waals surface area (Å²) < 4.78 is 0. The second-order valence-corrected chi connectivity index (χ2v) is 3.12. The molecule has 2 rings (SSSR count). The standard InChI is InChI=1S/C12H12/c1-2-3-4-10-5-6-11-7-8-12(11)9-10/h2,5-9H,1,3-4H2. The predicted molar refractivity (Wildman–Crippen MR) is 53.9 cm³/mol. The molecule has 0 N–H and O–H groups in total. The van der Waals surface area contributed by atoms with Gasteiger partial charge < -0.3 is 0 Å². The third-order valence-corrected chi connectivity index (χ3v) is 2.23. The first-order valence-corrected chi connectivity index (χ1v) is 4.32. The van der Waals surface area contributed by atoms with E-state index < -0.39 is 0 Å². The Morgan fingerprint density at radius 1 is 1.17 bits per heavy atom. The fourth-order valence-corrected chi connectivity index (χ4v) is 1.43. The Morgan fingerprint density at radius 3 is 2.58 bits per heavy atom. The molecule has 0 heterocycles. The van der Waals surface area contributed by atoms with Crippen LogP contribution < -0.4 is 0 Å². The van der Waals surface area contributed by atoms with Crippen molar-refractivity contribution < 1.29 is 0 Å². The SMILES string of the molecule is C=CCCc1ccc2c(c1)C=C2. The number of fused-ring (bicyclic) bond motifs is 1. The largest absolute Gasteiger partial charge is 0.103 e. The fraction of sp³-hybridized carbons (Fsp3) is 0.167. The number of benzene rings is 1. The van der Waals surface area contributed by atoms with E-state index in [1.54, 1.807) is 0 Å². The van der Waals surface area contributed by atoms with Gasteiger partial charge in [0.1, 0.15) is 0 Å². The van der Waals surface area contributed by atoms with E-state index in [1.807, 2.05) is 6.08 Å². The van der Waals surface area contributed by atoms with Gasteiger partial charge in [0, 0.05) is 0 Å². The maximum absolute atomic E-state index is 3.72. The molecule has 0 atom stereocenters. The molecule has 0 aliphatic heterocycles. The third-order valence-electron chi connectivity index (χ3n) is 2.23. The summed E-state index contributed by atoms with van der Waals surface area (Å²) in [6, 6.07) is 6.65. The average Bonchev–Trinajstić information content (AvgIpc) is 2.05. The molecule has 1 aromatic rings. The Kier molecular flexibility index (Phi) is 1.83. The van der Waals surface area contributed by atoms with Gasteiger partial charge in [-0.25, -0.2) is 0 Å². The van der Waals surface area contributed by atoms with Gasteiger partial charge in [-0.15, -0.1) is 6.58 Å². The van der Waals surface area contributed by atoms with Crippen molar-refractivity contribution in [3.8, 4) is 0 Å². The smallest absolute Gasteiger partial charge is 0.0181 e. The van der Waals surface area contributed by atoms with Crippen molar-refractivity contribution in [3.63, 3.8) is 0 Å². The summed E-state index contributed by atoms with van der Waals surface area (Å²) >= 11 is 0. The van der Waals surface area contributed by atoms with Gasteiger partial charge in [-0.2, -0.15) is 0 Å². The summed E-state index contributed by atoms with van der Waals surface area (Å²) in [5.41, 5.74) is 4.17. The predicted octanol–water partition coefficient (Wildman–Crippen LogP) is 3.29. The number of allylic oxidation sites excluding steroid dienone is 1. The highest BCUT2D eigenvalue weighted by Gasteiger charge is 2.04. The first kappa shape index (κ1) is 7.35. The molecule has 60 valence electrons. The Bertz CT molecular complexity index is 332. The first-order chi connectivity index (χ1) is 5.90. The molecule has 0 unspecified atom stereocenters. The highest BCUT2D eigenvalue weighted by Crippen LogP contribution is 2.24. The lowest BCUT2D eigenvalue weighted by atomic mass is 9.94. The zero-order valence-electron chi connectivity index (χ0n) is 7.09. The van der Waals surface area contributed by atoms with Gasteiger partial charge in [0.25, 0.3) is 0 Å². The van der Waals surface area contributed by atoms with Gasteiger partial charge in [-0.3, -0.25) is 0 Å². The van der Waals surface area contributed by atoms with Gasteiger partial charge in [0.2, 0.25) is 0 Å². The molecule has 1 aliphatic carbocycles. The molecular weight excluding hydrogens is 144 g/mol. The van der Waals surface area contributed by atoms with Crippen LogP contribution in [0, 0.1) is 0 Å². The van der Waals surface area contributed by atoms with E-state index in [0.717, 1.165) is 12.8 Å². The van der Waals surface area contributed by atoms with Gasteiger partial charge >= 0.3 is 0 Å². The van der Waals surface area contributed by atoms with E-state index in [1.165, 1.54) is 16.7 Å². The normalized spacial score (nSPS) is 12.0. The zero-order valence-corrected chi connectivity index (χ0v) is 7.09. The van der Waals surface area contributed by atoms with Crippen molar-refractivity contribution in [1.82, 2.24) is 0 Å². The molecule has 0 bridgehead atoms. The van der Waals surface area contributed by atoms with E-state index in [0.29, 0.717) is 0 Å². The molecule has 0 saturated carbocycles. The number of aryl methyl sites for hydroxylation is 1. The van der Waals surface area contributed by atoms with Crippen molar-refractivity contribution in [2.75, 3.05) is 0 Å². The molecule has 0 spiro atoms. The van der Waals surface area contributed by atoms with Crippen LogP contribution in [0.2, 0.25) is 0 Å². The van der Waals surface area contributed by atoms with Gasteiger partial charge in [-0.05, 0) is 29.5 Å². The summed E-state index contributed by atoms with van der Waals surface area (Å²) in [5.74, 6) is 0.